The molecule has 2 rings (SSSR count). The highest BCUT2D eigenvalue weighted by Crippen LogP contribution is 2.22. The summed E-state index contributed by atoms with van der Waals surface area (Å²) in [4.78, 5) is 23.5. The van der Waals surface area contributed by atoms with Crippen molar-refractivity contribution in [3.63, 3.8) is 0 Å². The average molecular weight is 297 g/mol. The molecule has 0 aromatic heterocycles. The molecule has 1 amide bonds. The Kier molecular flexibility index (Phi) is 4.84. The second kappa shape index (κ2) is 6.61. The lowest BCUT2D eigenvalue weighted by Crippen LogP contribution is -2.36. The SMILES string of the molecule is Nc1cccc(Cl)c1C(=O)OCC(=O)NC1CCCC1. The Labute approximate surface area is 122 Å². The van der Waals surface area contributed by atoms with Crippen LogP contribution in [0.4, 0.5) is 5.69 Å². The Morgan fingerprint density at radius 3 is 2.70 bits per heavy atom. The summed E-state index contributed by atoms with van der Waals surface area (Å²) < 4.78 is 4.95. The summed E-state index contributed by atoms with van der Waals surface area (Å²) in [6.45, 7) is -0.319. The molecular weight excluding hydrogens is 280 g/mol. The molecule has 1 aromatic rings. The molecule has 108 valence electrons. The number of hydrogen-bond acceptors (Lipinski definition) is 4. The van der Waals surface area contributed by atoms with Gasteiger partial charge in [0, 0.05) is 11.7 Å². The van der Waals surface area contributed by atoms with Gasteiger partial charge in [0.1, 0.15) is 5.56 Å². The molecule has 1 fully saturated rings. The zero-order valence-electron chi connectivity index (χ0n) is 11.0. The van der Waals surface area contributed by atoms with Crippen LogP contribution in [0.15, 0.2) is 18.2 Å². The van der Waals surface area contributed by atoms with Gasteiger partial charge in [-0.15, -0.1) is 0 Å². The first-order valence-corrected chi connectivity index (χ1v) is 6.96. The minimum atomic E-state index is -0.685. The summed E-state index contributed by atoms with van der Waals surface area (Å²) in [5.74, 6) is -0.981. The minimum absolute atomic E-state index is 0.0998. The fourth-order valence-corrected chi connectivity index (χ4v) is 2.56. The molecule has 6 heteroatoms. The number of ether oxygens (including phenoxy) is 1. The summed E-state index contributed by atoms with van der Waals surface area (Å²) >= 11 is 5.90. The number of carbonyl (C=O) groups is 2. The van der Waals surface area contributed by atoms with Gasteiger partial charge < -0.3 is 15.8 Å². The van der Waals surface area contributed by atoms with Crippen molar-refractivity contribution in [1.82, 2.24) is 5.32 Å². The fourth-order valence-electron chi connectivity index (χ4n) is 2.30. The third-order valence-corrected chi connectivity index (χ3v) is 3.62. The van der Waals surface area contributed by atoms with Gasteiger partial charge >= 0.3 is 5.97 Å². The lowest BCUT2D eigenvalue weighted by Gasteiger charge is -2.12. The van der Waals surface area contributed by atoms with E-state index in [4.69, 9.17) is 22.1 Å². The van der Waals surface area contributed by atoms with Crippen LogP contribution in [0.1, 0.15) is 36.0 Å². The van der Waals surface area contributed by atoms with E-state index in [0.29, 0.717) is 0 Å². The van der Waals surface area contributed by atoms with E-state index in [9.17, 15) is 9.59 Å². The molecule has 0 unspecified atom stereocenters. The van der Waals surface area contributed by atoms with Crippen molar-refractivity contribution in [3.8, 4) is 0 Å². The monoisotopic (exact) mass is 296 g/mol. The van der Waals surface area contributed by atoms with E-state index >= 15 is 0 Å². The van der Waals surface area contributed by atoms with E-state index in [0.717, 1.165) is 25.7 Å². The van der Waals surface area contributed by atoms with Gasteiger partial charge in [0.25, 0.3) is 5.91 Å². The number of esters is 1. The maximum absolute atomic E-state index is 11.9. The van der Waals surface area contributed by atoms with Crippen LogP contribution in [-0.2, 0) is 9.53 Å². The summed E-state index contributed by atoms with van der Waals surface area (Å²) in [6.07, 6.45) is 4.22. The summed E-state index contributed by atoms with van der Waals surface area (Å²) in [5.41, 5.74) is 6.01. The zero-order valence-corrected chi connectivity index (χ0v) is 11.8. The van der Waals surface area contributed by atoms with E-state index in [1.165, 1.54) is 0 Å². The second-order valence-electron chi connectivity index (χ2n) is 4.83. The highest BCUT2D eigenvalue weighted by Gasteiger charge is 2.20. The Morgan fingerprint density at radius 1 is 1.35 bits per heavy atom. The molecule has 20 heavy (non-hydrogen) atoms. The van der Waals surface area contributed by atoms with Gasteiger partial charge in [0.2, 0.25) is 0 Å². The van der Waals surface area contributed by atoms with Crippen LogP contribution in [0.2, 0.25) is 5.02 Å². The largest absolute Gasteiger partial charge is 0.452 e. The number of carbonyl (C=O) groups excluding carboxylic acids is 2. The number of nitrogen functional groups attached to an aromatic ring is 1. The lowest BCUT2D eigenvalue weighted by atomic mass is 10.2. The molecule has 1 aromatic carbocycles. The zero-order chi connectivity index (χ0) is 14.5. The van der Waals surface area contributed by atoms with Crippen molar-refractivity contribution in [2.24, 2.45) is 0 Å². The first-order valence-electron chi connectivity index (χ1n) is 6.58. The van der Waals surface area contributed by atoms with Crippen molar-refractivity contribution >= 4 is 29.2 Å². The number of halogens is 1. The summed E-state index contributed by atoms with van der Waals surface area (Å²) in [5, 5.41) is 3.05. The Hall–Kier alpha value is -1.75. The van der Waals surface area contributed by atoms with Crippen molar-refractivity contribution in [1.29, 1.82) is 0 Å². The smallest absolute Gasteiger partial charge is 0.342 e. The summed E-state index contributed by atoms with van der Waals surface area (Å²) in [6, 6.07) is 4.95. The number of anilines is 1. The second-order valence-corrected chi connectivity index (χ2v) is 5.24. The quantitative estimate of drug-likeness (QED) is 0.659. The van der Waals surface area contributed by atoms with E-state index in [1.807, 2.05) is 0 Å². The Bertz CT molecular complexity index is 493. The van der Waals surface area contributed by atoms with Crippen LogP contribution in [0, 0.1) is 0 Å². The molecule has 0 saturated heterocycles. The normalized spacial score (nSPS) is 15.1. The van der Waals surface area contributed by atoms with Crippen molar-refractivity contribution < 1.29 is 14.3 Å². The third-order valence-electron chi connectivity index (χ3n) is 3.30. The average Bonchev–Trinajstić information content (AvgIpc) is 2.89. The van der Waals surface area contributed by atoms with Crippen LogP contribution in [0.25, 0.3) is 0 Å². The Balaban J connectivity index is 1.87. The number of rotatable bonds is 4. The minimum Gasteiger partial charge on any atom is -0.452 e. The molecule has 1 saturated carbocycles. The van der Waals surface area contributed by atoms with Crippen LogP contribution in [-0.4, -0.2) is 24.5 Å². The molecule has 0 aliphatic heterocycles. The van der Waals surface area contributed by atoms with Crippen molar-refractivity contribution in [3.05, 3.63) is 28.8 Å². The van der Waals surface area contributed by atoms with Crippen LogP contribution >= 0.6 is 11.6 Å². The first kappa shape index (κ1) is 14.7. The summed E-state index contributed by atoms with van der Waals surface area (Å²) in [7, 11) is 0. The molecule has 0 bridgehead atoms. The van der Waals surface area contributed by atoms with Gasteiger partial charge in [-0.3, -0.25) is 4.79 Å². The van der Waals surface area contributed by atoms with Crippen LogP contribution < -0.4 is 11.1 Å². The van der Waals surface area contributed by atoms with Gasteiger partial charge in [-0.1, -0.05) is 30.5 Å². The van der Waals surface area contributed by atoms with Crippen molar-refractivity contribution in [2.75, 3.05) is 12.3 Å². The highest BCUT2D eigenvalue weighted by molar-refractivity contribution is 6.34. The maximum atomic E-state index is 11.9. The number of benzene rings is 1. The molecule has 0 heterocycles. The lowest BCUT2D eigenvalue weighted by molar-refractivity contribution is -0.124. The van der Waals surface area contributed by atoms with E-state index < -0.39 is 5.97 Å². The van der Waals surface area contributed by atoms with Gasteiger partial charge in [0.15, 0.2) is 6.61 Å². The fraction of sp³-hybridized carbons (Fsp3) is 0.429. The van der Waals surface area contributed by atoms with E-state index in [1.54, 1.807) is 18.2 Å². The number of amides is 1. The van der Waals surface area contributed by atoms with E-state index in [-0.39, 0.29) is 34.8 Å². The van der Waals surface area contributed by atoms with Crippen molar-refractivity contribution in [2.45, 2.75) is 31.7 Å². The number of hydrogen-bond donors (Lipinski definition) is 2. The molecule has 3 N–H and O–H groups in total. The van der Waals surface area contributed by atoms with E-state index in [2.05, 4.69) is 5.32 Å². The highest BCUT2D eigenvalue weighted by atomic mass is 35.5. The molecule has 5 nitrogen and oxygen atoms in total. The topological polar surface area (TPSA) is 81.4 Å². The van der Waals surface area contributed by atoms with Crippen LogP contribution in [0.3, 0.4) is 0 Å². The maximum Gasteiger partial charge on any atom is 0.342 e. The predicted molar refractivity (Wildman–Crippen MR) is 76.5 cm³/mol. The van der Waals surface area contributed by atoms with Gasteiger partial charge in [-0.25, -0.2) is 4.79 Å². The number of nitrogens with two attached hydrogens (primary N) is 1. The molecular formula is C14H17ClN2O3. The Morgan fingerprint density at radius 2 is 2.05 bits per heavy atom. The molecule has 0 spiro atoms. The van der Waals surface area contributed by atoms with Crippen LogP contribution in [0.5, 0.6) is 0 Å². The van der Waals surface area contributed by atoms with Gasteiger partial charge in [0.05, 0.1) is 5.02 Å². The molecule has 0 atom stereocenters. The first-order chi connectivity index (χ1) is 9.58. The standard InChI is InChI=1S/C14H17ClN2O3/c15-10-6-3-7-11(16)13(10)14(19)20-8-12(18)17-9-4-1-2-5-9/h3,6-7,9H,1-2,4-5,8,16H2,(H,17,18). The molecule has 0 radical (unpaired) electrons. The number of nitrogens with one attached hydrogen (secondary N) is 1. The predicted octanol–water partition coefficient (Wildman–Crippen LogP) is 2.14. The van der Waals surface area contributed by atoms with Gasteiger partial charge in [-0.05, 0) is 25.0 Å². The third kappa shape index (κ3) is 3.63. The molecule has 1 aliphatic carbocycles. The molecule has 1 aliphatic rings. The van der Waals surface area contributed by atoms with Gasteiger partial charge in [-0.2, -0.15) is 0 Å².